The smallest absolute Gasteiger partial charge is 0.326 e. The molecule has 2 amide bonds. The van der Waals surface area contributed by atoms with Gasteiger partial charge in [-0.2, -0.15) is 10.4 Å². The molecule has 0 aliphatic heterocycles. The molecule has 2 N–H and O–H groups in total. The number of nitriles is 1. The van der Waals surface area contributed by atoms with E-state index >= 15 is 0 Å². The van der Waals surface area contributed by atoms with Crippen molar-refractivity contribution in [2.24, 2.45) is 0 Å². The molecular formula is C18H14F3N7O2. The Morgan fingerprint density at radius 3 is 2.67 bits per heavy atom. The molecule has 0 aliphatic rings. The number of urea groups is 1. The van der Waals surface area contributed by atoms with E-state index in [0.29, 0.717) is 0 Å². The number of hydrogen-bond donors (Lipinski definition) is 2. The highest BCUT2D eigenvalue weighted by atomic mass is 19.3. The van der Waals surface area contributed by atoms with Crippen molar-refractivity contribution in [1.29, 1.82) is 5.26 Å². The van der Waals surface area contributed by atoms with Crippen LogP contribution in [-0.2, 0) is 6.54 Å². The van der Waals surface area contributed by atoms with Crippen LogP contribution in [0.2, 0.25) is 0 Å². The summed E-state index contributed by atoms with van der Waals surface area (Å²) >= 11 is 0. The molecule has 0 bridgehead atoms. The lowest BCUT2D eigenvalue weighted by molar-refractivity contribution is 0.146. The largest absolute Gasteiger partial charge is 0.467 e. The lowest BCUT2D eigenvalue weighted by Gasteiger charge is -2.22. The third kappa shape index (κ3) is 4.64. The molecule has 3 aromatic rings. The fourth-order valence-electron chi connectivity index (χ4n) is 2.45. The fraction of sp³-hybridized carbons (Fsp3) is 0.167. The number of amides is 2. The Labute approximate surface area is 168 Å². The van der Waals surface area contributed by atoms with Crippen molar-refractivity contribution < 1.29 is 22.7 Å². The first-order valence-electron chi connectivity index (χ1n) is 8.37. The number of hydrogen-bond acceptors (Lipinski definition) is 6. The first kappa shape index (κ1) is 20.6. The number of ether oxygens (including phenoxy) is 1. The van der Waals surface area contributed by atoms with E-state index in [9.17, 15) is 18.0 Å². The Morgan fingerprint density at radius 2 is 2.07 bits per heavy atom. The summed E-state index contributed by atoms with van der Waals surface area (Å²) < 4.78 is 44.0. The third-order valence-electron chi connectivity index (χ3n) is 3.90. The number of carbonyl (C=O) groups is 1. The van der Waals surface area contributed by atoms with E-state index < -0.39 is 24.0 Å². The van der Waals surface area contributed by atoms with Crippen molar-refractivity contribution in [1.82, 2.24) is 20.2 Å². The number of carbonyl (C=O) groups excluding carboxylic acids is 1. The van der Waals surface area contributed by atoms with Gasteiger partial charge in [0.15, 0.2) is 0 Å². The number of alkyl halides is 2. The predicted molar refractivity (Wildman–Crippen MR) is 98.4 cm³/mol. The lowest BCUT2D eigenvalue weighted by atomic mass is 10.2. The van der Waals surface area contributed by atoms with Gasteiger partial charge in [0.05, 0.1) is 43.0 Å². The summed E-state index contributed by atoms with van der Waals surface area (Å²) in [5.74, 6) is -0.730. The van der Waals surface area contributed by atoms with Crippen LogP contribution in [0.25, 0.3) is 0 Å². The average Bonchev–Trinajstić information content (AvgIpc) is 3.22. The quantitative estimate of drug-likeness (QED) is 0.634. The maximum Gasteiger partial charge on any atom is 0.326 e. The van der Waals surface area contributed by atoms with Crippen LogP contribution < -0.4 is 15.0 Å². The first-order valence-corrected chi connectivity index (χ1v) is 8.37. The molecule has 0 saturated carbocycles. The van der Waals surface area contributed by atoms with Gasteiger partial charge >= 0.3 is 12.0 Å². The zero-order chi connectivity index (χ0) is 21.7. The number of H-pyrrole nitrogens is 1. The summed E-state index contributed by atoms with van der Waals surface area (Å²) in [6, 6.07) is 5.64. The summed E-state index contributed by atoms with van der Waals surface area (Å²) in [5, 5.41) is 17.4. The van der Waals surface area contributed by atoms with Gasteiger partial charge in [0, 0.05) is 5.69 Å². The molecule has 9 nitrogen and oxygen atoms in total. The SMILES string of the molecule is COc1ncc(N(Cc2cc(C(F)F)[nH]n2)C(=O)Nc2ccc(F)c(C#N)c2)cn1. The maximum absolute atomic E-state index is 13.5. The standard InChI is InChI=1S/C18H14F3N7O2/c1-30-17-23-7-13(8-24-17)28(9-12-5-15(16(20)21)27-26-12)18(29)25-11-2-3-14(19)10(4-11)6-22/h2-5,7-8,16H,9H2,1H3,(H,25,29)(H,26,27). The van der Waals surface area contributed by atoms with Gasteiger partial charge in [-0.15, -0.1) is 0 Å². The minimum Gasteiger partial charge on any atom is -0.467 e. The van der Waals surface area contributed by atoms with Crippen LogP contribution in [0, 0.1) is 17.1 Å². The van der Waals surface area contributed by atoms with Crippen LogP contribution >= 0.6 is 0 Å². The molecule has 154 valence electrons. The molecule has 0 aliphatic carbocycles. The van der Waals surface area contributed by atoms with E-state index in [1.54, 1.807) is 6.07 Å². The second-order valence-corrected chi connectivity index (χ2v) is 5.87. The zero-order valence-corrected chi connectivity index (χ0v) is 15.4. The summed E-state index contributed by atoms with van der Waals surface area (Å²) in [6.07, 6.45) is -0.143. The lowest BCUT2D eigenvalue weighted by Crippen LogP contribution is -2.35. The molecule has 3 rings (SSSR count). The van der Waals surface area contributed by atoms with Crippen LogP contribution in [-0.4, -0.2) is 33.3 Å². The van der Waals surface area contributed by atoms with Crippen LogP contribution in [0.15, 0.2) is 36.7 Å². The van der Waals surface area contributed by atoms with E-state index in [4.69, 9.17) is 10.00 Å². The minimum atomic E-state index is -2.75. The number of nitrogens with zero attached hydrogens (tertiary/aromatic N) is 5. The Hall–Kier alpha value is -4.14. The van der Waals surface area contributed by atoms with Gasteiger partial charge in [-0.1, -0.05) is 0 Å². The second-order valence-electron chi connectivity index (χ2n) is 5.87. The molecule has 2 aromatic heterocycles. The Morgan fingerprint density at radius 1 is 1.33 bits per heavy atom. The number of methoxy groups -OCH3 is 1. The van der Waals surface area contributed by atoms with E-state index in [0.717, 1.165) is 17.0 Å². The Balaban J connectivity index is 1.88. The Bertz CT molecular complexity index is 1080. The van der Waals surface area contributed by atoms with Crippen LogP contribution in [0.5, 0.6) is 6.01 Å². The summed E-state index contributed by atoms with van der Waals surface area (Å²) in [7, 11) is 1.37. The number of benzene rings is 1. The average molecular weight is 417 g/mol. The predicted octanol–water partition coefficient (Wildman–Crippen LogP) is 3.40. The third-order valence-corrected chi connectivity index (χ3v) is 3.90. The van der Waals surface area contributed by atoms with Crippen LogP contribution in [0.4, 0.5) is 29.3 Å². The van der Waals surface area contributed by atoms with Crippen molar-refractivity contribution >= 4 is 17.4 Å². The van der Waals surface area contributed by atoms with Crippen molar-refractivity contribution in [2.75, 3.05) is 17.3 Å². The Kier molecular flexibility index (Phi) is 6.11. The zero-order valence-electron chi connectivity index (χ0n) is 15.4. The summed E-state index contributed by atoms with van der Waals surface area (Å²) in [4.78, 5) is 21.9. The van der Waals surface area contributed by atoms with Gasteiger partial charge in [-0.25, -0.2) is 27.9 Å². The van der Waals surface area contributed by atoms with Crippen molar-refractivity contribution in [3.63, 3.8) is 0 Å². The number of aromatic nitrogens is 4. The molecule has 0 atom stereocenters. The molecular weight excluding hydrogens is 403 g/mol. The van der Waals surface area contributed by atoms with Crippen molar-refractivity contribution in [3.8, 4) is 12.1 Å². The van der Waals surface area contributed by atoms with E-state index in [2.05, 4.69) is 25.5 Å². The highest BCUT2D eigenvalue weighted by molar-refractivity contribution is 6.01. The number of aromatic amines is 1. The maximum atomic E-state index is 13.5. The molecule has 30 heavy (non-hydrogen) atoms. The molecule has 0 radical (unpaired) electrons. The normalized spacial score (nSPS) is 10.5. The first-order chi connectivity index (χ1) is 14.4. The van der Waals surface area contributed by atoms with Gasteiger partial charge < -0.3 is 10.1 Å². The van der Waals surface area contributed by atoms with Crippen molar-refractivity contribution in [3.05, 3.63) is 59.4 Å². The summed E-state index contributed by atoms with van der Waals surface area (Å²) in [6.45, 7) is -0.197. The number of anilines is 2. The van der Waals surface area contributed by atoms with E-state index in [-0.39, 0.29) is 35.2 Å². The van der Waals surface area contributed by atoms with Gasteiger partial charge in [-0.05, 0) is 24.3 Å². The number of nitrogens with one attached hydrogen (secondary N) is 2. The minimum absolute atomic E-state index is 0.0658. The molecule has 0 unspecified atom stereocenters. The topological polar surface area (TPSA) is 120 Å². The number of halogens is 3. The molecule has 1 aromatic carbocycles. The van der Waals surface area contributed by atoms with Crippen molar-refractivity contribution in [2.45, 2.75) is 13.0 Å². The van der Waals surface area contributed by atoms with E-state index in [1.165, 1.54) is 31.6 Å². The molecule has 12 heteroatoms. The summed E-state index contributed by atoms with van der Waals surface area (Å²) in [5.41, 5.74) is -0.104. The van der Waals surface area contributed by atoms with Gasteiger partial charge in [0.1, 0.15) is 17.6 Å². The van der Waals surface area contributed by atoms with Gasteiger partial charge in [0.25, 0.3) is 6.43 Å². The monoisotopic (exact) mass is 417 g/mol. The van der Waals surface area contributed by atoms with Gasteiger partial charge in [-0.3, -0.25) is 10.00 Å². The van der Waals surface area contributed by atoms with E-state index in [1.807, 2.05) is 0 Å². The molecule has 0 fully saturated rings. The molecule has 0 spiro atoms. The second kappa shape index (κ2) is 8.91. The van der Waals surface area contributed by atoms with Gasteiger partial charge in [0.2, 0.25) is 0 Å². The fourth-order valence-corrected chi connectivity index (χ4v) is 2.45. The van der Waals surface area contributed by atoms with Crippen LogP contribution in [0.3, 0.4) is 0 Å². The molecule has 2 heterocycles. The van der Waals surface area contributed by atoms with Crippen LogP contribution in [0.1, 0.15) is 23.4 Å². The highest BCUT2D eigenvalue weighted by Crippen LogP contribution is 2.22. The highest BCUT2D eigenvalue weighted by Gasteiger charge is 2.21. The number of rotatable bonds is 6. The molecule has 0 saturated heterocycles.